The van der Waals surface area contributed by atoms with E-state index in [1.807, 2.05) is 38.2 Å². The van der Waals surface area contributed by atoms with Gasteiger partial charge in [-0.3, -0.25) is 29.2 Å². The number of guanidine groups is 2. The Hall–Kier alpha value is -3.84. The van der Waals surface area contributed by atoms with Crippen LogP contribution in [-0.2, 0) is 42.7 Å². The predicted octanol–water partition coefficient (Wildman–Crippen LogP) is -1.30. The summed E-state index contributed by atoms with van der Waals surface area (Å²) >= 11 is 0. The minimum absolute atomic E-state index is 0. The predicted molar refractivity (Wildman–Crippen MR) is 177 cm³/mol. The maximum absolute atomic E-state index is 13.4. The Balaban J connectivity index is 0.00000167. The van der Waals surface area contributed by atoms with Crippen molar-refractivity contribution in [1.82, 2.24) is 16.0 Å². The number of benzene rings is 1. The van der Waals surface area contributed by atoms with Gasteiger partial charge in [0, 0.05) is 19.5 Å². The molecular formula is C32H44FeN10O4+2. The van der Waals surface area contributed by atoms with E-state index in [0.29, 0.717) is 18.8 Å². The van der Waals surface area contributed by atoms with Crippen LogP contribution >= 0.6 is 0 Å². The van der Waals surface area contributed by atoms with Crippen molar-refractivity contribution >= 4 is 35.5 Å². The molecule has 0 unspecified atom stereocenters. The number of aliphatic imine (C=N–C) groups is 2. The number of primary amides is 1. The van der Waals surface area contributed by atoms with Crippen LogP contribution in [0.1, 0.15) is 31.2 Å². The summed E-state index contributed by atoms with van der Waals surface area (Å²) in [5, 5.41) is 8.04. The quantitative estimate of drug-likeness (QED) is 0.0421. The third kappa shape index (κ3) is 17.6. The van der Waals surface area contributed by atoms with Gasteiger partial charge in [0.05, 0.1) is 5.92 Å². The first-order valence-electron chi connectivity index (χ1n) is 14.8. The van der Waals surface area contributed by atoms with Crippen LogP contribution in [0, 0.1) is 63.7 Å². The van der Waals surface area contributed by atoms with Crippen LogP contribution in [0.25, 0.3) is 0 Å². The number of nitrogens with zero attached hydrogens (tertiary/aromatic N) is 2. The first-order valence-corrected chi connectivity index (χ1v) is 14.8. The average molecular weight is 689 g/mol. The van der Waals surface area contributed by atoms with E-state index in [2.05, 4.69) is 25.9 Å². The number of carbonyl (C=O) groups is 4. The molecule has 0 spiro atoms. The molecule has 1 aromatic carbocycles. The van der Waals surface area contributed by atoms with Crippen molar-refractivity contribution in [2.75, 3.05) is 13.1 Å². The summed E-state index contributed by atoms with van der Waals surface area (Å²) < 4.78 is 0. The topological polar surface area (TPSA) is 259 Å². The Morgan fingerprint density at radius 2 is 1.06 bits per heavy atom. The minimum Gasteiger partial charge on any atom is -0.370 e. The van der Waals surface area contributed by atoms with Gasteiger partial charge in [-0.05, 0) is 89.0 Å². The molecule has 3 rings (SSSR count). The fourth-order valence-electron chi connectivity index (χ4n) is 4.25. The molecule has 1 aromatic rings. The van der Waals surface area contributed by atoms with Crippen LogP contribution in [0.5, 0.6) is 0 Å². The molecule has 2 aliphatic rings. The molecule has 4 amide bonds. The largest absolute Gasteiger partial charge is 2.00 e. The Kier molecular flexibility index (Phi) is 20.6. The van der Waals surface area contributed by atoms with Gasteiger partial charge in [0.25, 0.3) is 0 Å². The Bertz CT molecular complexity index is 1140. The van der Waals surface area contributed by atoms with Crippen molar-refractivity contribution in [1.29, 1.82) is 0 Å². The molecule has 2 saturated carbocycles. The molecule has 13 N–H and O–H groups in total. The smallest absolute Gasteiger partial charge is 0.370 e. The SMILES string of the molecule is NC(=O)[C@H](Cc1ccccc1)NC(=O)[C@H](CCCN=C(N)N)NC(=O)[C@H](CCCN=C(N)N)NC(=O)[C]1[CH][CH][CH][CH]1.[CH]1[CH][CH][CH][CH]1.[Fe+2]. The number of amides is 4. The second-order valence-corrected chi connectivity index (χ2v) is 10.3. The Labute approximate surface area is 288 Å². The summed E-state index contributed by atoms with van der Waals surface area (Å²) in [4.78, 5) is 59.4. The summed E-state index contributed by atoms with van der Waals surface area (Å²) in [7, 11) is 0. The molecule has 0 bridgehead atoms. The van der Waals surface area contributed by atoms with Crippen molar-refractivity contribution in [3.8, 4) is 0 Å². The Morgan fingerprint density at radius 3 is 1.51 bits per heavy atom. The molecule has 0 aliphatic heterocycles. The van der Waals surface area contributed by atoms with Gasteiger partial charge in [-0.1, -0.05) is 30.3 Å². The second-order valence-electron chi connectivity index (χ2n) is 10.3. The molecular weight excluding hydrogens is 644 g/mol. The zero-order valence-electron chi connectivity index (χ0n) is 26.0. The van der Waals surface area contributed by atoms with Crippen LogP contribution in [0.2, 0.25) is 0 Å². The molecule has 15 heteroatoms. The summed E-state index contributed by atoms with van der Waals surface area (Å²) in [5.41, 5.74) is 27.9. The van der Waals surface area contributed by atoms with Crippen LogP contribution in [-0.4, -0.2) is 66.8 Å². The molecule has 3 atom stereocenters. The normalized spacial score (nSPS) is 15.7. The fraction of sp³-hybridized carbons (Fsp3) is 0.312. The first-order chi connectivity index (χ1) is 22.1. The van der Waals surface area contributed by atoms with E-state index >= 15 is 0 Å². The second kappa shape index (κ2) is 23.5. The van der Waals surface area contributed by atoms with Crippen molar-refractivity contribution < 1.29 is 36.2 Å². The standard InChI is InChI=1S/C27H39N10O4.C5H5.Fe/c28-22(38)21(16-17-8-2-1-3-9-17)37-25(41)20(13-7-15-34-27(31)32)36-24(40)19(12-6-14-33-26(29)30)35-23(39)18-10-4-5-11-18;1-2-4-5-3-1;/h1-5,8-11,19-21H,6-7,12-16H2,(H2,28,38)(H,35,39)(H,36,40)(H,37,41)(H4,29,30,33)(H4,31,32,34);1-5H;/q;;+2/t19-,20-,21-;;/m0../s1. The van der Waals surface area contributed by atoms with Gasteiger partial charge in [-0.25, -0.2) is 0 Å². The van der Waals surface area contributed by atoms with Gasteiger partial charge in [0.15, 0.2) is 11.9 Å². The van der Waals surface area contributed by atoms with Crippen molar-refractivity contribution in [3.63, 3.8) is 0 Å². The van der Waals surface area contributed by atoms with Crippen molar-refractivity contribution in [3.05, 3.63) is 99.6 Å². The molecule has 47 heavy (non-hydrogen) atoms. The zero-order chi connectivity index (χ0) is 33.7. The van der Waals surface area contributed by atoms with E-state index in [-0.39, 0.29) is 61.3 Å². The molecule has 0 heterocycles. The first kappa shape index (κ1) is 41.2. The summed E-state index contributed by atoms with van der Waals surface area (Å²) in [6, 6.07) is 5.94. The number of hydrogen-bond donors (Lipinski definition) is 8. The van der Waals surface area contributed by atoms with E-state index in [1.165, 1.54) is 0 Å². The molecule has 14 nitrogen and oxygen atoms in total. The van der Waals surface area contributed by atoms with Crippen molar-refractivity contribution in [2.24, 2.45) is 38.7 Å². The number of carbonyl (C=O) groups excluding carboxylic acids is 4. The van der Waals surface area contributed by atoms with E-state index in [4.69, 9.17) is 28.7 Å². The van der Waals surface area contributed by atoms with E-state index < -0.39 is 41.8 Å². The maximum Gasteiger partial charge on any atom is 2.00 e. The maximum atomic E-state index is 13.4. The zero-order valence-corrected chi connectivity index (χ0v) is 27.1. The third-order valence-electron chi connectivity index (χ3n) is 6.57. The number of rotatable bonds is 17. The van der Waals surface area contributed by atoms with Gasteiger partial charge in [0.2, 0.25) is 23.6 Å². The average Bonchev–Trinajstić information content (AvgIpc) is 3.78. The van der Waals surface area contributed by atoms with Gasteiger partial charge in [0.1, 0.15) is 18.1 Å². The van der Waals surface area contributed by atoms with Gasteiger partial charge < -0.3 is 44.6 Å². The van der Waals surface area contributed by atoms with Crippen LogP contribution in [0.3, 0.4) is 0 Å². The molecule has 2 aliphatic carbocycles. The molecule has 252 valence electrons. The summed E-state index contributed by atoms with van der Waals surface area (Å²) in [6.07, 6.45) is 17.8. The van der Waals surface area contributed by atoms with Gasteiger partial charge >= 0.3 is 17.1 Å². The van der Waals surface area contributed by atoms with Crippen LogP contribution in [0.15, 0.2) is 40.3 Å². The number of nitrogens with two attached hydrogens (primary N) is 5. The van der Waals surface area contributed by atoms with E-state index in [9.17, 15) is 19.2 Å². The summed E-state index contributed by atoms with van der Waals surface area (Å²) in [5.74, 6) is -2.23. The summed E-state index contributed by atoms with van der Waals surface area (Å²) in [6.45, 7) is 0.446. The molecule has 0 saturated heterocycles. The number of nitrogens with one attached hydrogen (secondary N) is 3. The molecule has 10 radical (unpaired) electrons. The number of hydrogen-bond acceptors (Lipinski definition) is 6. The van der Waals surface area contributed by atoms with Gasteiger partial charge in [-0.2, -0.15) is 0 Å². The van der Waals surface area contributed by atoms with Crippen molar-refractivity contribution in [2.45, 2.75) is 50.2 Å². The third-order valence-corrected chi connectivity index (χ3v) is 6.57. The van der Waals surface area contributed by atoms with E-state index in [1.54, 1.807) is 49.9 Å². The van der Waals surface area contributed by atoms with E-state index in [0.717, 1.165) is 5.56 Å². The van der Waals surface area contributed by atoms with Crippen LogP contribution < -0.4 is 44.6 Å². The molecule has 0 aromatic heterocycles. The molecule has 2 fully saturated rings. The Morgan fingerprint density at radius 1 is 0.617 bits per heavy atom. The minimum atomic E-state index is -1.08. The monoisotopic (exact) mass is 688 g/mol. The van der Waals surface area contributed by atoms with Crippen LogP contribution in [0.4, 0.5) is 0 Å². The fourth-order valence-corrected chi connectivity index (χ4v) is 4.25. The van der Waals surface area contributed by atoms with Gasteiger partial charge in [-0.15, -0.1) is 0 Å².